The van der Waals surface area contributed by atoms with Crippen LogP contribution in [-0.2, 0) is 10.0 Å². The van der Waals surface area contributed by atoms with Crippen LogP contribution in [-0.4, -0.2) is 54.8 Å². The molecule has 37 heavy (non-hydrogen) atoms. The zero-order valence-electron chi connectivity index (χ0n) is 20.1. The summed E-state index contributed by atoms with van der Waals surface area (Å²) < 4.78 is 57.2. The molecule has 0 saturated carbocycles. The Balaban J connectivity index is 1.83. The topological polar surface area (TPSA) is 113 Å². The summed E-state index contributed by atoms with van der Waals surface area (Å²) in [6.45, 7) is 1.51. The number of nitrogens with zero attached hydrogens (tertiary/aromatic N) is 3. The molecule has 0 saturated heterocycles. The number of carbonyl (C=O) groups is 2. The van der Waals surface area contributed by atoms with E-state index in [-0.39, 0.29) is 27.7 Å². The third-order valence-electron chi connectivity index (χ3n) is 5.67. The molecule has 0 aliphatic rings. The zero-order valence-corrected chi connectivity index (χ0v) is 20.9. The highest BCUT2D eigenvalue weighted by molar-refractivity contribution is 7.90. The van der Waals surface area contributed by atoms with Crippen molar-refractivity contribution in [1.29, 1.82) is 0 Å². The number of rotatable bonds is 7. The van der Waals surface area contributed by atoms with Gasteiger partial charge >= 0.3 is 0 Å². The Hall–Kier alpha value is -4.25. The number of H-pyrrole nitrogens is 1. The fourth-order valence-electron chi connectivity index (χ4n) is 3.62. The lowest BCUT2D eigenvalue weighted by Crippen LogP contribution is -2.24. The number of fused-ring (bicyclic) bond motifs is 1. The van der Waals surface area contributed by atoms with Crippen LogP contribution in [0, 0.1) is 11.6 Å². The van der Waals surface area contributed by atoms with Gasteiger partial charge in [-0.3, -0.25) is 9.59 Å². The summed E-state index contributed by atoms with van der Waals surface area (Å²) >= 11 is 0. The number of Topliss-reactive ketones (excluding diaryl/α,β-unsaturated/α-hetero) is 2. The Morgan fingerprint density at radius 3 is 2.22 bits per heavy atom. The Labute approximate surface area is 211 Å². The molecule has 1 N–H and O–H groups in total. The maximum Gasteiger partial charge on any atom is 0.283 e. The van der Waals surface area contributed by atoms with E-state index in [4.69, 9.17) is 0 Å². The highest BCUT2D eigenvalue weighted by Crippen LogP contribution is 2.28. The fraction of sp³-hybridized carbons (Fsp3) is 0.154. The summed E-state index contributed by atoms with van der Waals surface area (Å²) in [7, 11) is -0.904. The van der Waals surface area contributed by atoms with Crippen molar-refractivity contribution in [1.82, 2.24) is 14.9 Å². The molecular weight excluding hydrogens is 502 g/mol. The van der Waals surface area contributed by atoms with Crippen LogP contribution in [0.5, 0.6) is 0 Å². The average Bonchev–Trinajstić information content (AvgIpc) is 3.26. The molecule has 8 nitrogen and oxygen atoms in total. The maximum atomic E-state index is 13.9. The van der Waals surface area contributed by atoms with Crippen molar-refractivity contribution in [3.63, 3.8) is 0 Å². The summed E-state index contributed by atoms with van der Waals surface area (Å²) in [5.74, 6) is -5.13. The Bertz CT molecular complexity index is 1610. The second-order valence-corrected chi connectivity index (χ2v) is 10.1. The monoisotopic (exact) mass is 524 g/mol. The summed E-state index contributed by atoms with van der Waals surface area (Å²) in [4.78, 5) is 35.7. The highest BCUT2D eigenvalue weighted by Gasteiger charge is 2.34. The largest absolute Gasteiger partial charge is 0.366 e. The molecule has 1 unspecified atom stereocenters. The van der Waals surface area contributed by atoms with Crippen LogP contribution in [0.1, 0.15) is 39.4 Å². The fourth-order valence-corrected chi connectivity index (χ4v) is 4.77. The van der Waals surface area contributed by atoms with E-state index < -0.39 is 39.1 Å². The van der Waals surface area contributed by atoms with E-state index in [1.54, 1.807) is 38.4 Å². The van der Waals surface area contributed by atoms with Gasteiger partial charge in [0.15, 0.2) is 11.6 Å². The Morgan fingerprint density at radius 2 is 1.57 bits per heavy atom. The van der Waals surface area contributed by atoms with E-state index in [0.717, 1.165) is 18.2 Å². The first-order valence-electron chi connectivity index (χ1n) is 11.0. The Morgan fingerprint density at radius 1 is 0.919 bits per heavy atom. The molecule has 3 aromatic carbocycles. The number of carbonyl (C=O) groups excluding carboxylic acids is 2. The molecule has 0 bridgehead atoms. The van der Waals surface area contributed by atoms with Gasteiger partial charge in [0.25, 0.3) is 10.0 Å². The van der Waals surface area contributed by atoms with Crippen LogP contribution >= 0.6 is 0 Å². The lowest BCUT2D eigenvalue weighted by Gasteiger charge is -2.14. The normalized spacial score (nSPS) is 12.9. The van der Waals surface area contributed by atoms with E-state index in [1.807, 2.05) is 0 Å². The average molecular weight is 525 g/mol. The maximum absolute atomic E-state index is 13.9. The molecule has 0 radical (unpaired) electrons. The molecule has 4 rings (SSSR count). The van der Waals surface area contributed by atoms with Gasteiger partial charge in [0.1, 0.15) is 29.2 Å². The first kappa shape index (κ1) is 25.8. The van der Waals surface area contributed by atoms with Crippen molar-refractivity contribution < 1.29 is 26.8 Å². The Kier molecular flexibility index (Phi) is 6.99. The summed E-state index contributed by atoms with van der Waals surface area (Å²) in [5, 5.41) is 0. The smallest absolute Gasteiger partial charge is 0.283 e. The molecule has 0 amide bonds. The van der Waals surface area contributed by atoms with Gasteiger partial charge in [0, 0.05) is 31.3 Å². The van der Waals surface area contributed by atoms with Crippen molar-refractivity contribution in [2.24, 2.45) is 4.40 Å². The molecule has 0 aliphatic carbocycles. The minimum absolute atomic E-state index is 0.0457. The van der Waals surface area contributed by atoms with Crippen LogP contribution in [0.2, 0.25) is 0 Å². The van der Waals surface area contributed by atoms with Crippen molar-refractivity contribution in [3.05, 3.63) is 95.3 Å². The quantitative estimate of drug-likeness (QED) is 0.166. The van der Waals surface area contributed by atoms with Crippen LogP contribution in [0.3, 0.4) is 0 Å². The third-order valence-corrected chi connectivity index (χ3v) is 7.02. The van der Waals surface area contributed by atoms with Crippen molar-refractivity contribution >= 4 is 38.5 Å². The molecule has 1 aromatic heterocycles. The van der Waals surface area contributed by atoms with Gasteiger partial charge in [-0.05, 0) is 43.3 Å². The van der Waals surface area contributed by atoms with Crippen molar-refractivity contribution in [2.45, 2.75) is 17.7 Å². The second-order valence-electron chi connectivity index (χ2n) is 8.49. The summed E-state index contributed by atoms with van der Waals surface area (Å²) in [6.07, 6.45) is 0. The van der Waals surface area contributed by atoms with Gasteiger partial charge in [0.05, 0.1) is 15.9 Å². The van der Waals surface area contributed by atoms with Crippen LogP contribution in [0.4, 0.5) is 8.78 Å². The predicted molar refractivity (Wildman–Crippen MR) is 134 cm³/mol. The minimum Gasteiger partial charge on any atom is -0.366 e. The molecule has 0 fully saturated rings. The first-order chi connectivity index (χ1) is 17.5. The molecule has 190 valence electrons. The van der Waals surface area contributed by atoms with Gasteiger partial charge in [-0.15, -0.1) is 4.40 Å². The molecule has 11 heteroatoms. The number of halogens is 2. The van der Waals surface area contributed by atoms with E-state index in [1.165, 1.54) is 30.0 Å². The number of aromatic nitrogens is 2. The second kappa shape index (κ2) is 10.0. The number of nitrogens with one attached hydrogen (secondary N) is 1. The van der Waals surface area contributed by atoms with Gasteiger partial charge < -0.3 is 9.88 Å². The minimum atomic E-state index is -4.17. The molecule has 0 aliphatic heterocycles. The standard InChI is InChI=1S/C26H22F2N4O4S/c1-15(32(2)3)31-37(35,36)20-8-6-7-16(13-20)24(33)23(25(34)17-11-18(27)14-19(28)12-17)26-29-21-9-4-5-10-22(21)30-26/h4-14,23H,1-3H3,(H,29,30). The van der Waals surface area contributed by atoms with Crippen LogP contribution < -0.4 is 0 Å². The van der Waals surface area contributed by atoms with Crippen molar-refractivity contribution in [3.8, 4) is 0 Å². The number of aromatic amines is 1. The number of hydrogen-bond donors (Lipinski definition) is 1. The van der Waals surface area contributed by atoms with E-state index in [2.05, 4.69) is 14.4 Å². The SMILES string of the molecule is CC(=NS(=O)(=O)c1cccc(C(=O)C(C(=O)c2cc(F)cc(F)c2)c2nc3ccccc3[nH]2)c1)N(C)C. The van der Waals surface area contributed by atoms with Crippen LogP contribution in [0.25, 0.3) is 11.0 Å². The molecule has 1 atom stereocenters. The van der Waals surface area contributed by atoms with E-state index >= 15 is 0 Å². The molecule has 1 heterocycles. The summed E-state index contributed by atoms with van der Waals surface area (Å²) in [6, 6.07) is 14.2. The van der Waals surface area contributed by atoms with Gasteiger partial charge in [-0.2, -0.15) is 8.42 Å². The molecular formula is C26H22F2N4O4S. The highest BCUT2D eigenvalue weighted by atomic mass is 32.2. The van der Waals surface area contributed by atoms with Crippen molar-refractivity contribution in [2.75, 3.05) is 14.1 Å². The molecule has 4 aromatic rings. The number of hydrogen-bond acceptors (Lipinski definition) is 5. The number of benzene rings is 3. The van der Waals surface area contributed by atoms with E-state index in [9.17, 15) is 26.8 Å². The third kappa shape index (κ3) is 5.46. The summed E-state index contributed by atoms with van der Waals surface area (Å²) in [5.41, 5.74) is 0.525. The lowest BCUT2D eigenvalue weighted by atomic mass is 9.89. The predicted octanol–water partition coefficient (Wildman–Crippen LogP) is 4.36. The number of amidine groups is 1. The van der Waals surface area contributed by atoms with Gasteiger partial charge in [-0.1, -0.05) is 24.3 Å². The van der Waals surface area contributed by atoms with Crippen LogP contribution in [0.15, 0.2) is 76.0 Å². The van der Waals surface area contributed by atoms with E-state index in [0.29, 0.717) is 17.1 Å². The first-order valence-corrected chi connectivity index (χ1v) is 12.5. The number of para-hydroxylation sites is 2. The number of sulfonamides is 1. The number of imidazole rings is 1. The lowest BCUT2D eigenvalue weighted by molar-refractivity contribution is 0.0855. The van der Waals surface area contributed by atoms with Gasteiger partial charge in [0.2, 0.25) is 0 Å². The number of ketones is 2. The zero-order chi connectivity index (χ0) is 26.9. The molecule has 0 spiro atoms. The van der Waals surface area contributed by atoms with Gasteiger partial charge in [-0.25, -0.2) is 13.8 Å².